The summed E-state index contributed by atoms with van der Waals surface area (Å²) in [7, 11) is 0. The normalized spacial score (nSPS) is 16.9. The number of alkyl halides is 3. The van der Waals surface area contributed by atoms with E-state index in [4.69, 9.17) is 9.84 Å². The Morgan fingerprint density at radius 1 is 1.20 bits per heavy atom. The topological polar surface area (TPSA) is 71.9 Å². The van der Waals surface area contributed by atoms with Gasteiger partial charge in [-0.1, -0.05) is 12.1 Å². The minimum Gasteiger partial charge on any atom is -0.487 e. The fourth-order valence-corrected chi connectivity index (χ4v) is 3.48. The van der Waals surface area contributed by atoms with Crippen LogP contribution in [0.5, 0.6) is 11.5 Å². The molecule has 1 saturated heterocycles. The second-order valence-electron chi connectivity index (χ2n) is 7.25. The van der Waals surface area contributed by atoms with Gasteiger partial charge in [-0.25, -0.2) is 0 Å². The maximum absolute atomic E-state index is 12.2. The fourth-order valence-electron chi connectivity index (χ4n) is 3.48. The van der Waals surface area contributed by atoms with Crippen molar-refractivity contribution in [1.82, 2.24) is 4.98 Å². The fraction of sp³-hybridized carbons (Fsp3) is 0.429. The lowest BCUT2D eigenvalue weighted by Gasteiger charge is -2.34. The van der Waals surface area contributed by atoms with Gasteiger partial charge in [0.05, 0.1) is 18.1 Å². The monoisotopic (exact) mass is 424 g/mol. The Balaban J connectivity index is 1.56. The molecule has 1 aromatic heterocycles. The summed E-state index contributed by atoms with van der Waals surface area (Å²) in [5.74, 6) is -0.174. The molecule has 2 aromatic rings. The Labute approximate surface area is 172 Å². The van der Waals surface area contributed by atoms with Gasteiger partial charge in [0.2, 0.25) is 0 Å². The van der Waals surface area contributed by atoms with Gasteiger partial charge in [-0.15, -0.1) is 13.2 Å². The maximum Gasteiger partial charge on any atom is 0.573 e. The van der Waals surface area contributed by atoms with Crippen LogP contribution in [0.3, 0.4) is 0 Å². The SMILES string of the molecule is O=C(O)CCC1CCCN(c2cncc(OCc3ccc(OC(F)(F)F)cc3)c2)C1. The molecule has 0 amide bonds. The molecule has 0 saturated carbocycles. The first-order valence-electron chi connectivity index (χ1n) is 9.68. The first kappa shape index (κ1) is 21.7. The van der Waals surface area contributed by atoms with Crippen LogP contribution in [0, 0.1) is 5.92 Å². The van der Waals surface area contributed by atoms with Gasteiger partial charge in [-0.3, -0.25) is 9.78 Å². The summed E-state index contributed by atoms with van der Waals surface area (Å²) in [4.78, 5) is 17.2. The minimum atomic E-state index is -4.72. The number of ether oxygens (including phenoxy) is 2. The number of hydrogen-bond donors (Lipinski definition) is 1. The molecule has 162 valence electrons. The Kier molecular flexibility index (Phi) is 7.02. The van der Waals surface area contributed by atoms with Gasteiger partial charge < -0.3 is 19.5 Å². The van der Waals surface area contributed by atoms with Gasteiger partial charge in [0.1, 0.15) is 18.1 Å². The molecule has 1 fully saturated rings. The van der Waals surface area contributed by atoms with Crippen molar-refractivity contribution in [1.29, 1.82) is 0 Å². The van der Waals surface area contributed by atoms with Crippen LogP contribution in [0.4, 0.5) is 18.9 Å². The second kappa shape index (κ2) is 9.69. The van der Waals surface area contributed by atoms with Crippen molar-refractivity contribution in [2.75, 3.05) is 18.0 Å². The minimum absolute atomic E-state index is 0.173. The lowest BCUT2D eigenvalue weighted by molar-refractivity contribution is -0.274. The van der Waals surface area contributed by atoms with Crippen molar-refractivity contribution < 1.29 is 32.5 Å². The molecular weight excluding hydrogens is 401 g/mol. The molecule has 0 aliphatic carbocycles. The molecule has 0 radical (unpaired) electrons. The van der Waals surface area contributed by atoms with Crippen LogP contribution in [0.1, 0.15) is 31.2 Å². The number of rotatable bonds is 8. The van der Waals surface area contributed by atoms with E-state index < -0.39 is 12.3 Å². The van der Waals surface area contributed by atoms with Crippen LogP contribution < -0.4 is 14.4 Å². The predicted octanol–water partition coefficient (Wildman–Crippen LogP) is 4.64. The number of benzene rings is 1. The molecule has 3 rings (SSSR count). The van der Waals surface area contributed by atoms with Crippen molar-refractivity contribution in [2.45, 2.75) is 38.7 Å². The number of halogens is 3. The molecule has 1 atom stereocenters. The van der Waals surface area contributed by atoms with E-state index in [-0.39, 0.29) is 18.8 Å². The largest absolute Gasteiger partial charge is 0.573 e. The van der Waals surface area contributed by atoms with Gasteiger partial charge in [-0.2, -0.15) is 0 Å². The average Bonchev–Trinajstić information content (AvgIpc) is 2.71. The molecule has 1 N–H and O–H groups in total. The summed E-state index contributed by atoms with van der Waals surface area (Å²) in [6.07, 6.45) is 1.44. The maximum atomic E-state index is 12.2. The number of pyridine rings is 1. The Morgan fingerprint density at radius 2 is 1.97 bits per heavy atom. The lowest BCUT2D eigenvalue weighted by atomic mass is 9.93. The molecular formula is C21H23F3N2O4. The number of carboxylic acids is 1. The zero-order valence-electron chi connectivity index (χ0n) is 16.3. The lowest BCUT2D eigenvalue weighted by Crippen LogP contribution is -2.35. The highest BCUT2D eigenvalue weighted by Gasteiger charge is 2.31. The summed E-state index contributed by atoms with van der Waals surface area (Å²) < 4.78 is 46.3. The number of carboxylic acid groups (broad SMARTS) is 1. The first-order valence-corrected chi connectivity index (χ1v) is 9.68. The van der Waals surface area contributed by atoms with E-state index >= 15 is 0 Å². The van der Waals surface area contributed by atoms with E-state index in [0.717, 1.165) is 31.6 Å². The van der Waals surface area contributed by atoms with Crippen molar-refractivity contribution >= 4 is 11.7 Å². The number of carbonyl (C=O) groups is 1. The molecule has 6 nitrogen and oxygen atoms in total. The number of anilines is 1. The molecule has 9 heteroatoms. The van der Waals surface area contributed by atoms with Crippen molar-refractivity contribution in [3.63, 3.8) is 0 Å². The summed E-state index contributed by atoms with van der Waals surface area (Å²) in [5.41, 5.74) is 1.60. The van der Waals surface area contributed by atoms with Crippen molar-refractivity contribution in [3.05, 3.63) is 48.3 Å². The van der Waals surface area contributed by atoms with Crippen LogP contribution in [-0.2, 0) is 11.4 Å². The Morgan fingerprint density at radius 3 is 2.67 bits per heavy atom. The third-order valence-electron chi connectivity index (χ3n) is 4.91. The standard InChI is InChI=1S/C21H23F3N2O4/c22-21(23,24)30-18-6-3-16(4-7-18)14-29-19-10-17(11-25-12-19)26-9-1-2-15(13-26)5-8-20(27)28/h3-4,6-7,10-12,15H,1-2,5,8-9,13-14H2,(H,27,28). The third kappa shape index (κ3) is 6.82. The van der Waals surface area contributed by atoms with Crippen LogP contribution in [0.2, 0.25) is 0 Å². The molecule has 0 spiro atoms. The molecule has 1 aliphatic heterocycles. The summed E-state index contributed by atoms with van der Waals surface area (Å²) >= 11 is 0. The smallest absolute Gasteiger partial charge is 0.487 e. The summed E-state index contributed by atoms with van der Waals surface area (Å²) in [6, 6.07) is 7.37. The number of aromatic nitrogens is 1. The molecule has 0 bridgehead atoms. The highest BCUT2D eigenvalue weighted by molar-refractivity contribution is 5.66. The number of nitrogens with zero attached hydrogens (tertiary/aromatic N) is 2. The van der Waals surface area contributed by atoms with Crippen LogP contribution in [0.25, 0.3) is 0 Å². The van der Waals surface area contributed by atoms with Gasteiger partial charge in [-0.05, 0) is 42.9 Å². The molecule has 30 heavy (non-hydrogen) atoms. The van der Waals surface area contributed by atoms with Crippen LogP contribution in [0.15, 0.2) is 42.7 Å². The molecule has 2 heterocycles. The molecule has 1 aromatic carbocycles. The quantitative estimate of drug-likeness (QED) is 0.666. The average molecular weight is 424 g/mol. The number of piperidine rings is 1. The second-order valence-corrected chi connectivity index (χ2v) is 7.25. The van der Waals surface area contributed by atoms with E-state index in [1.165, 1.54) is 24.3 Å². The van der Waals surface area contributed by atoms with Crippen molar-refractivity contribution in [3.8, 4) is 11.5 Å². The zero-order valence-corrected chi connectivity index (χ0v) is 16.3. The van der Waals surface area contributed by atoms with Gasteiger partial charge in [0.25, 0.3) is 0 Å². The Bertz CT molecular complexity index is 843. The summed E-state index contributed by atoms with van der Waals surface area (Å²) in [6.45, 7) is 1.83. The Hall–Kier alpha value is -2.97. The van der Waals surface area contributed by atoms with Gasteiger partial charge in [0, 0.05) is 25.6 Å². The van der Waals surface area contributed by atoms with E-state index in [1.807, 2.05) is 6.07 Å². The number of hydrogen-bond acceptors (Lipinski definition) is 5. The zero-order chi connectivity index (χ0) is 21.6. The van der Waals surface area contributed by atoms with E-state index in [2.05, 4.69) is 14.6 Å². The van der Waals surface area contributed by atoms with Gasteiger partial charge >= 0.3 is 12.3 Å². The predicted molar refractivity (Wildman–Crippen MR) is 104 cm³/mol. The third-order valence-corrected chi connectivity index (χ3v) is 4.91. The highest BCUT2D eigenvalue weighted by atomic mass is 19.4. The van der Waals surface area contributed by atoms with Crippen LogP contribution in [-0.4, -0.2) is 35.5 Å². The highest BCUT2D eigenvalue weighted by Crippen LogP contribution is 2.28. The molecule has 1 unspecified atom stereocenters. The van der Waals surface area contributed by atoms with E-state index in [1.54, 1.807) is 12.4 Å². The number of aliphatic carboxylic acids is 1. The first-order chi connectivity index (χ1) is 14.3. The van der Waals surface area contributed by atoms with Crippen molar-refractivity contribution in [2.24, 2.45) is 5.92 Å². The summed E-state index contributed by atoms with van der Waals surface area (Å²) in [5, 5.41) is 8.88. The van der Waals surface area contributed by atoms with E-state index in [0.29, 0.717) is 23.7 Å². The molecule has 1 aliphatic rings. The van der Waals surface area contributed by atoms with Crippen LogP contribution >= 0.6 is 0 Å². The van der Waals surface area contributed by atoms with E-state index in [9.17, 15) is 18.0 Å². The van der Waals surface area contributed by atoms with Gasteiger partial charge in [0.15, 0.2) is 0 Å².